The van der Waals surface area contributed by atoms with Crippen LogP contribution in [0.25, 0.3) is 0 Å². The van der Waals surface area contributed by atoms with Gasteiger partial charge in [0.25, 0.3) is 0 Å². The molecule has 3 N–H and O–H groups in total. The molecule has 2 atom stereocenters. The average molecular weight is 636 g/mol. The molecule has 4 aromatic rings. The number of benzene rings is 4. The molecule has 0 saturated carbocycles. The maximum Gasteiger partial charge on any atom is 1.00 e. The standard InChI is InChI=1S/C21H22N2O2S.C10H13.ClH.Ru/c1-16-12-14-19(15-13-16)26(24,25)23-21(18-10-6-3-7-11-18)20(22)17-8-4-2-5-9-17;1-8(2)10-6-4-9(3)5-7-10;;/h2-15,20-21,23H,22H2,1H3;4-6,8H,1-3H3;1H;/q;-1;;+1/p-1/t20-,21-;;;/m0.../s1. The van der Waals surface area contributed by atoms with Crippen LogP contribution in [0.15, 0.2) is 108 Å². The van der Waals surface area contributed by atoms with Crippen molar-refractivity contribution >= 4 is 10.0 Å². The molecule has 0 aromatic heterocycles. The van der Waals surface area contributed by atoms with E-state index in [1.807, 2.05) is 73.7 Å². The molecule has 1 radical (unpaired) electrons. The fraction of sp³-hybridized carbons (Fsp3) is 0.226. The first-order chi connectivity index (χ1) is 17.2. The topological polar surface area (TPSA) is 72.2 Å². The van der Waals surface area contributed by atoms with Crippen LogP contribution in [0.5, 0.6) is 0 Å². The van der Waals surface area contributed by atoms with Crippen molar-refractivity contribution in [2.45, 2.75) is 50.6 Å². The van der Waals surface area contributed by atoms with E-state index in [1.165, 1.54) is 11.1 Å². The number of aryl methyl sites for hydroxylation is 2. The Morgan fingerprint density at radius 1 is 0.737 bits per heavy atom. The van der Waals surface area contributed by atoms with Crippen LogP contribution in [0.1, 0.15) is 59.7 Å². The molecule has 0 saturated heterocycles. The summed E-state index contributed by atoms with van der Waals surface area (Å²) in [5.74, 6) is 0.598. The number of hydrogen-bond donors (Lipinski definition) is 2. The van der Waals surface area contributed by atoms with E-state index in [4.69, 9.17) is 5.73 Å². The van der Waals surface area contributed by atoms with Crippen LogP contribution in [0, 0.1) is 19.9 Å². The van der Waals surface area contributed by atoms with Crippen molar-refractivity contribution in [1.82, 2.24) is 4.72 Å². The Morgan fingerprint density at radius 3 is 1.71 bits per heavy atom. The second-order valence-corrected chi connectivity index (χ2v) is 10.9. The molecule has 0 fully saturated rings. The fourth-order valence-electron chi connectivity index (χ4n) is 3.70. The zero-order valence-electron chi connectivity index (χ0n) is 22.1. The average Bonchev–Trinajstić information content (AvgIpc) is 2.89. The zero-order valence-corrected chi connectivity index (χ0v) is 25.4. The van der Waals surface area contributed by atoms with Crippen LogP contribution in [-0.4, -0.2) is 8.42 Å². The summed E-state index contributed by atoms with van der Waals surface area (Å²) in [5.41, 5.74) is 11.7. The first kappa shape index (κ1) is 33.7. The Labute approximate surface area is 247 Å². The molecule has 4 nitrogen and oxygen atoms in total. The first-order valence-corrected chi connectivity index (χ1v) is 13.6. The van der Waals surface area contributed by atoms with Crippen LogP contribution in [0.4, 0.5) is 0 Å². The van der Waals surface area contributed by atoms with Gasteiger partial charge in [0, 0.05) is 0 Å². The van der Waals surface area contributed by atoms with Crippen molar-refractivity contribution in [1.29, 1.82) is 0 Å². The van der Waals surface area contributed by atoms with Gasteiger partial charge in [0.05, 0.1) is 17.0 Å². The molecule has 0 unspecified atom stereocenters. The summed E-state index contributed by atoms with van der Waals surface area (Å²) in [6.07, 6.45) is 0. The molecule has 4 rings (SSSR count). The summed E-state index contributed by atoms with van der Waals surface area (Å²) < 4.78 is 28.6. The maximum absolute atomic E-state index is 12.9. The molecule has 7 heteroatoms. The third-order valence-corrected chi connectivity index (χ3v) is 7.39. The number of rotatable bonds is 7. The number of hydrogen-bond acceptors (Lipinski definition) is 3. The van der Waals surface area contributed by atoms with Crippen molar-refractivity contribution in [3.05, 3.63) is 137 Å². The minimum Gasteiger partial charge on any atom is -1.00 e. The molecule has 0 aliphatic carbocycles. The van der Waals surface area contributed by atoms with Crippen LogP contribution in [0.2, 0.25) is 0 Å². The number of nitrogens with two attached hydrogens (primary N) is 1. The predicted octanol–water partition coefficient (Wildman–Crippen LogP) is 3.63. The van der Waals surface area contributed by atoms with E-state index in [9.17, 15) is 8.42 Å². The minimum atomic E-state index is -3.71. The quantitative estimate of drug-likeness (QED) is 0.241. The van der Waals surface area contributed by atoms with E-state index >= 15 is 0 Å². The van der Waals surface area contributed by atoms with Gasteiger partial charge in [0.2, 0.25) is 10.0 Å². The molecule has 0 amide bonds. The maximum atomic E-state index is 12.9. The van der Waals surface area contributed by atoms with E-state index in [0.29, 0.717) is 5.92 Å². The Balaban J connectivity index is 0.000000511. The van der Waals surface area contributed by atoms with Gasteiger partial charge < -0.3 is 18.1 Å². The van der Waals surface area contributed by atoms with Crippen molar-refractivity contribution < 1.29 is 40.3 Å². The van der Waals surface area contributed by atoms with E-state index in [2.05, 4.69) is 43.7 Å². The van der Waals surface area contributed by atoms with Gasteiger partial charge in [-0.2, -0.15) is 35.4 Å². The monoisotopic (exact) mass is 636 g/mol. The molecule has 203 valence electrons. The van der Waals surface area contributed by atoms with Crippen molar-refractivity contribution in [3.8, 4) is 0 Å². The van der Waals surface area contributed by atoms with Crippen molar-refractivity contribution in [2.75, 3.05) is 0 Å². The van der Waals surface area contributed by atoms with Crippen LogP contribution in [-0.2, 0) is 29.5 Å². The Kier molecular flexibility index (Phi) is 14.1. The second-order valence-electron chi connectivity index (χ2n) is 9.24. The summed E-state index contributed by atoms with van der Waals surface area (Å²) >= 11 is 0. The molecular weight excluding hydrogens is 601 g/mol. The molecule has 0 aliphatic heterocycles. The van der Waals surface area contributed by atoms with Gasteiger partial charge in [0.15, 0.2) is 0 Å². The third kappa shape index (κ3) is 9.76. The molecule has 0 spiro atoms. The SMILES string of the molecule is Cc1c[c-]c(C(C)C)cc1.Cc1ccc(S(=O)(=O)N[C@@H](c2ccccc2)[C@@H](N)c2ccccc2)cc1.[Cl-].[Ru+]. The largest absolute Gasteiger partial charge is 1.00 e. The van der Waals surface area contributed by atoms with Crippen LogP contribution in [0.3, 0.4) is 0 Å². The molecule has 0 aliphatic rings. The second kappa shape index (κ2) is 15.9. The smallest absolute Gasteiger partial charge is 1.00 e. The normalized spacial score (nSPS) is 12.3. The number of sulfonamides is 1. The molecule has 0 heterocycles. The first-order valence-electron chi connectivity index (χ1n) is 12.1. The van der Waals surface area contributed by atoms with E-state index in [-0.39, 0.29) is 36.8 Å². The van der Waals surface area contributed by atoms with Gasteiger partial charge in [0.1, 0.15) is 0 Å². The summed E-state index contributed by atoms with van der Waals surface area (Å²) in [6, 6.07) is 34.1. The van der Waals surface area contributed by atoms with Crippen molar-refractivity contribution in [3.63, 3.8) is 0 Å². The summed E-state index contributed by atoms with van der Waals surface area (Å²) in [5, 5.41) is 0. The van der Waals surface area contributed by atoms with Gasteiger partial charge >= 0.3 is 19.5 Å². The Bertz CT molecular complexity index is 1320. The summed E-state index contributed by atoms with van der Waals surface area (Å²) in [7, 11) is -3.71. The van der Waals surface area contributed by atoms with Crippen LogP contribution < -0.4 is 22.9 Å². The third-order valence-electron chi connectivity index (χ3n) is 5.93. The number of halogens is 1. The van der Waals surface area contributed by atoms with E-state index in [1.54, 1.807) is 24.3 Å². The van der Waals surface area contributed by atoms with Gasteiger partial charge in [-0.05, 0) is 36.1 Å². The van der Waals surface area contributed by atoms with Gasteiger partial charge in [-0.15, -0.1) is 0 Å². The molecule has 0 bridgehead atoms. The predicted molar refractivity (Wildman–Crippen MR) is 148 cm³/mol. The van der Waals surface area contributed by atoms with Gasteiger partial charge in [-0.25, -0.2) is 13.1 Å². The number of nitrogens with one attached hydrogen (secondary N) is 1. The zero-order chi connectivity index (χ0) is 26.1. The van der Waals surface area contributed by atoms with Crippen LogP contribution >= 0.6 is 0 Å². The summed E-state index contributed by atoms with van der Waals surface area (Å²) in [6.45, 7) is 8.37. The minimum absolute atomic E-state index is 0. The van der Waals surface area contributed by atoms with E-state index < -0.39 is 22.1 Å². The Hall–Kier alpha value is -2.34. The fourth-order valence-corrected chi connectivity index (χ4v) is 4.95. The Morgan fingerprint density at radius 2 is 1.24 bits per heavy atom. The molecular formula is C31H35ClN2O2RuS-. The molecule has 4 aromatic carbocycles. The van der Waals surface area contributed by atoms with Crippen molar-refractivity contribution in [2.24, 2.45) is 5.73 Å². The summed E-state index contributed by atoms with van der Waals surface area (Å²) in [4.78, 5) is 0.226. The van der Waals surface area contributed by atoms with E-state index in [0.717, 1.165) is 16.7 Å². The van der Waals surface area contributed by atoms with Gasteiger partial charge in [-0.1, -0.05) is 99.1 Å². The van der Waals surface area contributed by atoms with Gasteiger partial charge in [-0.3, -0.25) is 0 Å². The molecule has 38 heavy (non-hydrogen) atoms.